The summed E-state index contributed by atoms with van der Waals surface area (Å²) in [6.07, 6.45) is -3.19. The Bertz CT molecular complexity index is 1060. The third kappa shape index (κ3) is 5.71. The molecule has 2 aromatic carbocycles. The quantitative estimate of drug-likeness (QED) is 0.440. The van der Waals surface area contributed by atoms with Crippen LogP contribution in [-0.2, 0) is 12.8 Å². The summed E-state index contributed by atoms with van der Waals surface area (Å²) in [6, 6.07) is 5.17. The molecule has 0 unspecified atom stereocenters. The molecular weight excluding hydrogens is 439 g/mol. The van der Waals surface area contributed by atoms with Crippen LogP contribution in [-0.4, -0.2) is 21.0 Å². The second-order valence-electron chi connectivity index (χ2n) is 6.66. The van der Waals surface area contributed by atoms with Crippen LogP contribution >= 0.6 is 22.9 Å². The van der Waals surface area contributed by atoms with Crippen molar-refractivity contribution >= 4 is 38.9 Å². The van der Waals surface area contributed by atoms with E-state index < -0.39 is 18.3 Å². The van der Waals surface area contributed by atoms with Crippen LogP contribution in [0.25, 0.3) is 10.2 Å². The van der Waals surface area contributed by atoms with Gasteiger partial charge in [-0.2, -0.15) is 13.2 Å². The van der Waals surface area contributed by atoms with Gasteiger partial charge in [-0.3, -0.25) is 4.79 Å². The first kappa shape index (κ1) is 24.1. The molecule has 1 heterocycles. The van der Waals surface area contributed by atoms with Crippen molar-refractivity contribution in [2.24, 2.45) is 0 Å². The molecule has 0 atom stereocenters. The van der Waals surface area contributed by atoms with Gasteiger partial charge in [0.1, 0.15) is 5.75 Å². The van der Waals surface area contributed by atoms with Crippen LogP contribution in [0.4, 0.5) is 13.2 Å². The fourth-order valence-corrected chi connectivity index (χ4v) is 3.99. The van der Waals surface area contributed by atoms with Crippen LogP contribution in [0, 0.1) is 13.8 Å². The van der Waals surface area contributed by atoms with Gasteiger partial charge in [-0.15, -0.1) is 11.3 Å². The molecule has 1 aromatic heterocycles. The van der Waals surface area contributed by atoms with Gasteiger partial charge >= 0.3 is 6.18 Å². The van der Waals surface area contributed by atoms with E-state index in [0.717, 1.165) is 18.6 Å². The second-order valence-corrected chi connectivity index (χ2v) is 8.33. The van der Waals surface area contributed by atoms with Gasteiger partial charge in [-0.1, -0.05) is 18.5 Å². The minimum atomic E-state index is -4.39. The second kappa shape index (κ2) is 9.76. The zero-order chi connectivity index (χ0) is 22.6. The summed E-state index contributed by atoms with van der Waals surface area (Å²) < 4.78 is 38.1. The number of thiazole rings is 1. The average molecular weight is 460 g/mol. The molecule has 0 saturated heterocycles. The number of aromatic hydroxyl groups is 1. The van der Waals surface area contributed by atoms with Crippen molar-refractivity contribution in [1.29, 1.82) is 0 Å². The van der Waals surface area contributed by atoms with Crippen molar-refractivity contribution in [3.8, 4) is 5.75 Å². The van der Waals surface area contributed by atoms with Crippen LogP contribution in [0.3, 0.4) is 0 Å². The van der Waals surface area contributed by atoms with Crippen molar-refractivity contribution < 1.29 is 28.2 Å². The number of halogens is 4. The predicted molar refractivity (Wildman–Crippen MR) is 112 cm³/mol. The molecule has 0 aliphatic heterocycles. The summed E-state index contributed by atoms with van der Waals surface area (Å²) in [7, 11) is 0. The van der Waals surface area contributed by atoms with E-state index >= 15 is 0 Å². The molecule has 3 aromatic rings. The number of hydrogen-bond acceptors (Lipinski definition) is 5. The maximum atomic E-state index is 12.5. The topological polar surface area (TPSA) is 70.4 Å². The van der Waals surface area contributed by atoms with Crippen molar-refractivity contribution in [2.45, 2.75) is 46.4 Å². The van der Waals surface area contributed by atoms with Crippen molar-refractivity contribution in [2.75, 3.05) is 0 Å². The monoisotopic (exact) mass is 459 g/mol. The van der Waals surface area contributed by atoms with E-state index in [1.165, 1.54) is 17.4 Å². The Morgan fingerprint density at radius 2 is 1.87 bits per heavy atom. The summed E-state index contributed by atoms with van der Waals surface area (Å²) >= 11 is 6.99. The number of fused-ring (bicyclic) bond motifs is 1. The Balaban J connectivity index is 0.000000216. The molecule has 9 heteroatoms. The van der Waals surface area contributed by atoms with Gasteiger partial charge in [0.25, 0.3) is 0 Å². The number of hydrogen-bond donors (Lipinski definition) is 2. The highest BCUT2D eigenvalue weighted by atomic mass is 35.5. The summed E-state index contributed by atoms with van der Waals surface area (Å²) in [5.74, 6) is -0.0107. The van der Waals surface area contributed by atoms with E-state index in [1.807, 2.05) is 6.92 Å². The molecule has 0 bridgehead atoms. The third-order valence-electron chi connectivity index (χ3n) is 4.22. The first-order valence-corrected chi connectivity index (χ1v) is 10.3. The molecular formula is C21H21ClF3NO3S. The van der Waals surface area contributed by atoms with Crippen LogP contribution < -0.4 is 0 Å². The van der Waals surface area contributed by atoms with E-state index in [0.29, 0.717) is 37.8 Å². The van der Waals surface area contributed by atoms with Gasteiger partial charge in [0.15, 0.2) is 5.78 Å². The fourth-order valence-electron chi connectivity index (χ4n) is 2.80. The zero-order valence-corrected chi connectivity index (χ0v) is 18.2. The zero-order valence-electron chi connectivity index (χ0n) is 16.6. The SMILES string of the molecule is CCCC(=O)c1cc(Cl)cc(C)c1O.Cc1nc2c(CO)cc(C(F)(F)F)cc2s1. The Hall–Kier alpha value is -2.16. The lowest BCUT2D eigenvalue weighted by Crippen LogP contribution is -2.05. The number of Topliss-reactive ketones (excluding diaryl/α,β-unsaturated/α-hetero) is 1. The van der Waals surface area contributed by atoms with Crippen LogP contribution in [0.1, 0.15) is 51.8 Å². The minimum Gasteiger partial charge on any atom is -0.507 e. The highest BCUT2D eigenvalue weighted by molar-refractivity contribution is 7.18. The number of nitrogens with zero attached hydrogens (tertiary/aromatic N) is 1. The smallest absolute Gasteiger partial charge is 0.416 e. The van der Waals surface area contributed by atoms with E-state index in [4.69, 9.17) is 16.7 Å². The number of aryl methyl sites for hydroxylation is 2. The van der Waals surface area contributed by atoms with Gasteiger partial charge in [0.05, 0.1) is 33.0 Å². The Kier molecular flexibility index (Phi) is 7.85. The van der Waals surface area contributed by atoms with E-state index in [-0.39, 0.29) is 17.1 Å². The summed E-state index contributed by atoms with van der Waals surface area (Å²) in [6.45, 7) is 4.93. The van der Waals surface area contributed by atoms with E-state index in [9.17, 15) is 23.1 Å². The van der Waals surface area contributed by atoms with E-state index in [1.54, 1.807) is 19.9 Å². The molecule has 3 rings (SSSR count). The number of aromatic nitrogens is 1. The molecule has 0 amide bonds. The first-order chi connectivity index (χ1) is 14.0. The number of benzene rings is 2. The lowest BCUT2D eigenvalue weighted by atomic mass is 10.0. The minimum absolute atomic E-state index is 0.0489. The normalized spacial score (nSPS) is 11.3. The van der Waals surface area contributed by atoms with Gasteiger partial charge in [0.2, 0.25) is 0 Å². The Morgan fingerprint density at radius 1 is 1.20 bits per heavy atom. The number of aliphatic hydroxyl groups excluding tert-OH is 1. The Morgan fingerprint density at radius 3 is 2.43 bits per heavy atom. The van der Waals surface area contributed by atoms with Gasteiger partial charge in [-0.05, 0) is 50.1 Å². The van der Waals surface area contributed by atoms with Gasteiger partial charge < -0.3 is 10.2 Å². The summed E-state index contributed by atoms with van der Waals surface area (Å²) in [5, 5.41) is 19.8. The standard InChI is InChI=1S/C11H13ClO2.C10H8F3NOS/c1-3-4-10(13)9-6-8(12)5-7(2)11(9)14;1-5-14-9-6(4-15)2-7(10(11,12)13)3-8(9)16-5/h5-6,14H,3-4H2,1-2H3;2-3,15H,4H2,1H3. The molecule has 2 N–H and O–H groups in total. The molecule has 0 aliphatic rings. The number of ketones is 1. The molecule has 30 heavy (non-hydrogen) atoms. The molecule has 0 saturated carbocycles. The Labute approximate surface area is 181 Å². The highest BCUT2D eigenvalue weighted by Crippen LogP contribution is 2.35. The van der Waals surface area contributed by atoms with Crippen LogP contribution in [0.5, 0.6) is 5.75 Å². The lowest BCUT2D eigenvalue weighted by molar-refractivity contribution is -0.137. The summed E-state index contributed by atoms with van der Waals surface area (Å²) in [5.41, 5.74) is 0.897. The van der Waals surface area contributed by atoms with Crippen molar-refractivity contribution in [3.05, 3.63) is 56.5 Å². The number of alkyl halides is 3. The number of carbonyl (C=O) groups is 1. The van der Waals surface area contributed by atoms with Gasteiger partial charge in [0, 0.05) is 17.0 Å². The molecule has 0 fully saturated rings. The first-order valence-electron chi connectivity index (χ1n) is 9.08. The maximum Gasteiger partial charge on any atom is 0.416 e. The molecule has 4 nitrogen and oxygen atoms in total. The van der Waals surface area contributed by atoms with Gasteiger partial charge in [-0.25, -0.2) is 4.98 Å². The maximum absolute atomic E-state index is 12.5. The van der Waals surface area contributed by atoms with Crippen LogP contribution in [0.2, 0.25) is 5.02 Å². The third-order valence-corrected chi connectivity index (χ3v) is 5.36. The largest absolute Gasteiger partial charge is 0.507 e. The number of carbonyl (C=O) groups excluding carboxylic acids is 1. The fraction of sp³-hybridized carbons (Fsp3) is 0.333. The number of aliphatic hydroxyl groups is 1. The average Bonchev–Trinajstić information content (AvgIpc) is 3.04. The number of rotatable bonds is 4. The highest BCUT2D eigenvalue weighted by Gasteiger charge is 2.31. The molecule has 0 spiro atoms. The van der Waals surface area contributed by atoms with Crippen molar-refractivity contribution in [1.82, 2.24) is 4.98 Å². The molecule has 162 valence electrons. The number of phenolic OH excluding ortho intramolecular Hbond substituents is 1. The predicted octanol–water partition coefficient (Wildman–Crippen LogP) is 6.45. The van der Waals surface area contributed by atoms with Crippen molar-refractivity contribution in [3.63, 3.8) is 0 Å². The number of phenols is 1. The summed E-state index contributed by atoms with van der Waals surface area (Å²) in [4.78, 5) is 15.6. The van der Waals surface area contributed by atoms with E-state index in [2.05, 4.69) is 4.98 Å². The lowest BCUT2D eigenvalue weighted by Gasteiger charge is -2.08. The molecule has 0 radical (unpaired) electrons. The molecule has 0 aliphatic carbocycles. The van der Waals surface area contributed by atoms with Crippen LogP contribution in [0.15, 0.2) is 24.3 Å².